The van der Waals surface area contributed by atoms with Gasteiger partial charge in [-0.05, 0) is 17.7 Å². The zero-order chi connectivity index (χ0) is 10.7. The topological polar surface area (TPSA) is 50.7 Å². The summed E-state index contributed by atoms with van der Waals surface area (Å²) in [7, 11) is 0. The van der Waals surface area contributed by atoms with Gasteiger partial charge in [-0.15, -0.1) is 5.10 Å². The number of fused-ring (bicyclic) bond motifs is 1. The van der Waals surface area contributed by atoms with Crippen LogP contribution in [0.1, 0.15) is 12.5 Å². The van der Waals surface area contributed by atoms with E-state index in [1.807, 2.05) is 30.3 Å². The zero-order valence-corrected chi connectivity index (χ0v) is 8.23. The summed E-state index contributed by atoms with van der Waals surface area (Å²) in [6.45, 7) is 1.34. The first-order chi connectivity index (χ1) is 7.25. The number of para-hydroxylation sites is 1. The molecule has 0 saturated heterocycles. The molecular weight excluding hydrogens is 192 g/mol. The number of benzene rings is 1. The Bertz CT molecular complexity index is 450. The Kier molecular flexibility index (Phi) is 2.49. The quantitative estimate of drug-likeness (QED) is 0.654. The zero-order valence-electron chi connectivity index (χ0n) is 8.23. The monoisotopic (exact) mass is 202 g/mol. The minimum Gasteiger partial charge on any atom is -0.406 e. The predicted molar refractivity (Wildman–Crippen MR) is 58.3 cm³/mol. The molecule has 1 aliphatic rings. The fourth-order valence-corrected chi connectivity index (χ4v) is 1.26. The molecule has 1 aliphatic heterocycles. The van der Waals surface area contributed by atoms with E-state index in [0.29, 0.717) is 0 Å². The number of carbonyl (C=O) groups excluding carboxylic acids is 1. The highest BCUT2D eigenvalue weighted by Gasteiger charge is 2.05. The molecule has 0 aliphatic carbocycles. The summed E-state index contributed by atoms with van der Waals surface area (Å²) < 4.78 is 4.86. The van der Waals surface area contributed by atoms with Crippen LogP contribution in [0.2, 0.25) is 0 Å². The van der Waals surface area contributed by atoms with E-state index in [4.69, 9.17) is 4.74 Å². The first-order valence-corrected chi connectivity index (χ1v) is 4.55. The summed E-state index contributed by atoms with van der Waals surface area (Å²) in [5.74, 6) is -0.121. The van der Waals surface area contributed by atoms with Crippen LogP contribution in [0.5, 0.6) is 0 Å². The normalized spacial score (nSPS) is 13.3. The summed E-state index contributed by atoms with van der Waals surface area (Å²) in [4.78, 5) is 10.7. The van der Waals surface area contributed by atoms with Gasteiger partial charge in [0.1, 0.15) is 0 Å². The molecule has 0 fully saturated rings. The molecule has 0 aromatic heterocycles. The van der Waals surface area contributed by atoms with Gasteiger partial charge in [0.05, 0.1) is 5.69 Å². The second-order valence-electron chi connectivity index (χ2n) is 3.08. The van der Waals surface area contributed by atoms with E-state index in [2.05, 4.69) is 10.5 Å². The average Bonchev–Trinajstić information content (AvgIpc) is 2.41. The maximum atomic E-state index is 10.7. The lowest BCUT2D eigenvalue weighted by atomic mass is 10.2. The Morgan fingerprint density at radius 1 is 1.33 bits per heavy atom. The second kappa shape index (κ2) is 3.96. The van der Waals surface area contributed by atoms with Crippen LogP contribution < -0.4 is 5.43 Å². The van der Waals surface area contributed by atoms with Crippen molar-refractivity contribution < 1.29 is 9.53 Å². The summed E-state index contributed by atoms with van der Waals surface area (Å²) >= 11 is 0. The third kappa shape index (κ3) is 2.22. The Morgan fingerprint density at radius 3 is 2.93 bits per heavy atom. The molecular formula is C11H10N2O2. The van der Waals surface area contributed by atoms with Crippen LogP contribution >= 0.6 is 0 Å². The molecule has 1 aromatic carbocycles. The van der Waals surface area contributed by atoms with Crippen molar-refractivity contribution in [3.05, 3.63) is 35.9 Å². The average molecular weight is 202 g/mol. The highest BCUT2D eigenvalue weighted by atomic mass is 16.5. The van der Waals surface area contributed by atoms with Crippen LogP contribution in [0.15, 0.2) is 35.4 Å². The molecule has 76 valence electrons. The second-order valence-corrected chi connectivity index (χ2v) is 3.08. The summed E-state index contributed by atoms with van der Waals surface area (Å²) in [5.41, 5.74) is 4.72. The number of hydrazone groups is 1. The van der Waals surface area contributed by atoms with Gasteiger partial charge in [0.2, 0.25) is 5.90 Å². The van der Waals surface area contributed by atoms with E-state index >= 15 is 0 Å². The predicted octanol–water partition coefficient (Wildman–Crippen LogP) is 2.00. The minimum absolute atomic E-state index is 0.263. The maximum Gasteiger partial charge on any atom is 0.309 e. The lowest BCUT2D eigenvalue weighted by Gasteiger charge is -2.02. The number of carbonyl (C=O) groups is 1. The van der Waals surface area contributed by atoms with E-state index in [1.165, 1.54) is 6.92 Å². The number of nitrogens with one attached hydrogen (secondary N) is 1. The number of esters is 1. The standard InChI is InChI=1S/C11H10N2O2/c1-8(14)15-11-7-6-9-4-2-3-5-10(9)12-13-11/h2-7,12H,1H3. The van der Waals surface area contributed by atoms with Crippen molar-refractivity contribution in [3.63, 3.8) is 0 Å². The lowest BCUT2D eigenvalue weighted by molar-refractivity contribution is -0.132. The van der Waals surface area contributed by atoms with Gasteiger partial charge in [0, 0.05) is 13.0 Å². The number of rotatable bonds is 0. The van der Waals surface area contributed by atoms with E-state index in [1.54, 1.807) is 6.08 Å². The van der Waals surface area contributed by atoms with Crippen molar-refractivity contribution in [2.45, 2.75) is 6.92 Å². The van der Waals surface area contributed by atoms with E-state index in [0.717, 1.165) is 11.3 Å². The number of nitrogens with zero attached hydrogens (tertiary/aromatic N) is 1. The van der Waals surface area contributed by atoms with Crippen LogP contribution in [0.25, 0.3) is 6.08 Å². The van der Waals surface area contributed by atoms with Gasteiger partial charge in [0.15, 0.2) is 0 Å². The third-order valence-electron chi connectivity index (χ3n) is 1.90. The van der Waals surface area contributed by atoms with Crippen molar-refractivity contribution in [1.82, 2.24) is 0 Å². The van der Waals surface area contributed by atoms with Crippen molar-refractivity contribution in [2.24, 2.45) is 5.10 Å². The van der Waals surface area contributed by atoms with Gasteiger partial charge in [-0.25, -0.2) is 0 Å². The molecule has 4 nitrogen and oxygen atoms in total. The molecule has 1 heterocycles. The van der Waals surface area contributed by atoms with E-state index in [-0.39, 0.29) is 11.9 Å². The fourth-order valence-electron chi connectivity index (χ4n) is 1.26. The molecule has 1 N–H and O–H groups in total. The highest BCUT2D eigenvalue weighted by molar-refractivity contribution is 5.99. The smallest absolute Gasteiger partial charge is 0.309 e. The molecule has 0 bridgehead atoms. The summed E-state index contributed by atoms with van der Waals surface area (Å²) in [6.07, 6.45) is 3.50. The van der Waals surface area contributed by atoms with Crippen LogP contribution in [-0.2, 0) is 9.53 Å². The van der Waals surface area contributed by atoms with E-state index in [9.17, 15) is 4.79 Å². The Balaban J connectivity index is 2.25. The molecule has 0 amide bonds. The lowest BCUT2D eigenvalue weighted by Crippen LogP contribution is -2.07. The Labute approximate surface area is 87.3 Å². The summed E-state index contributed by atoms with van der Waals surface area (Å²) in [6, 6.07) is 7.69. The molecule has 0 saturated carbocycles. The first kappa shape index (κ1) is 9.45. The van der Waals surface area contributed by atoms with Gasteiger partial charge in [-0.2, -0.15) is 0 Å². The molecule has 0 radical (unpaired) electrons. The largest absolute Gasteiger partial charge is 0.406 e. The Morgan fingerprint density at radius 2 is 2.13 bits per heavy atom. The van der Waals surface area contributed by atoms with Gasteiger partial charge in [-0.1, -0.05) is 18.2 Å². The number of anilines is 1. The minimum atomic E-state index is -0.383. The van der Waals surface area contributed by atoms with Crippen LogP contribution in [0, 0.1) is 0 Å². The maximum absolute atomic E-state index is 10.7. The molecule has 15 heavy (non-hydrogen) atoms. The Hall–Kier alpha value is -2.10. The van der Waals surface area contributed by atoms with Crippen LogP contribution in [-0.4, -0.2) is 11.9 Å². The summed E-state index contributed by atoms with van der Waals surface area (Å²) in [5, 5.41) is 3.94. The van der Waals surface area contributed by atoms with Gasteiger partial charge >= 0.3 is 5.97 Å². The van der Waals surface area contributed by atoms with Crippen molar-refractivity contribution in [1.29, 1.82) is 0 Å². The number of hydrogen-bond acceptors (Lipinski definition) is 4. The van der Waals surface area contributed by atoms with Gasteiger partial charge in [-0.3, -0.25) is 10.2 Å². The van der Waals surface area contributed by atoms with Crippen LogP contribution in [0.3, 0.4) is 0 Å². The molecule has 0 spiro atoms. The SMILES string of the molecule is CC(=O)OC1=NNc2ccccc2C=C1. The molecule has 0 atom stereocenters. The highest BCUT2D eigenvalue weighted by Crippen LogP contribution is 2.18. The third-order valence-corrected chi connectivity index (χ3v) is 1.90. The van der Waals surface area contributed by atoms with Crippen molar-refractivity contribution in [3.8, 4) is 0 Å². The molecule has 4 heteroatoms. The van der Waals surface area contributed by atoms with Crippen molar-refractivity contribution >= 4 is 23.6 Å². The number of hydrogen-bond donors (Lipinski definition) is 1. The number of ether oxygens (including phenoxy) is 1. The molecule has 2 rings (SSSR count). The van der Waals surface area contributed by atoms with Gasteiger partial charge in [0.25, 0.3) is 0 Å². The molecule has 0 unspecified atom stereocenters. The fraction of sp³-hybridized carbons (Fsp3) is 0.0909. The van der Waals surface area contributed by atoms with Crippen LogP contribution in [0.4, 0.5) is 5.69 Å². The van der Waals surface area contributed by atoms with Gasteiger partial charge < -0.3 is 4.74 Å². The van der Waals surface area contributed by atoms with E-state index < -0.39 is 0 Å². The molecule has 1 aromatic rings. The van der Waals surface area contributed by atoms with Crippen molar-refractivity contribution in [2.75, 3.05) is 5.43 Å². The first-order valence-electron chi connectivity index (χ1n) is 4.55.